The van der Waals surface area contributed by atoms with E-state index in [-0.39, 0.29) is 6.10 Å². The molecule has 1 N–H and O–H groups in total. The molecule has 0 amide bonds. The summed E-state index contributed by atoms with van der Waals surface area (Å²) < 4.78 is 0.790. The third kappa shape index (κ3) is 2.97. The van der Waals surface area contributed by atoms with Gasteiger partial charge in [0.25, 0.3) is 0 Å². The van der Waals surface area contributed by atoms with E-state index in [0.29, 0.717) is 5.92 Å². The molecule has 0 saturated carbocycles. The van der Waals surface area contributed by atoms with Gasteiger partial charge in [-0.3, -0.25) is 0 Å². The van der Waals surface area contributed by atoms with Gasteiger partial charge in [0.2, 0.25) is 0 Å². The van der Waals surface area contributed by atoms with Crippen LogP contribution in [0.3, 0.4) is 0 Å². The van der Waals surface area contributed by atoms with E-state index in [0.717, 1.165) is 21.2 Å². The van der Waals surface area contributed by atoms with Gasteiger partial charge >= 0.3 is 0 Å². The lowest BCUT2D eigenvalue weighted by molar-refractivity contribution is 0.154. The molecule has 3 heteroatoms. The summed E-state index contributed by atoms with van der Waals surface area (Å²) in [6.07, 6.45) is 0.451. The molecule has 1 atom stereocenters. The molecule has 0 saturated heterocycles. The van der Waals surface area contributed by atoms with E-state index in [4.69, 9.17) is 11.6 Å². The van der Waals surface area contributed by atoms with Crippen molar-refractivity contribution >= 4 is 22.9 Å². The second-order valence-electron chi connectivity index (χ2n) is 3.75. The van der Waals surface area contributed by atoms with E-state index < -0.39 is 0 Å². The highest BCUT2D eigenvalue weighted by Crippen LogP contribution is 2.33. The number of aliphatic hydroxyl groups is 1. The van der Waals surface area contributed by atoms with Crippen LogP contribution in [0.4, 0.5) is 0 Å². The van der Waals surface area contributed by atoms with Crippen LogP contribution in [0.25, 0.3) is 0 Å². The van der Waals surface area contributed by atoms with Gasteiger partial charge in [-0.15, -0.1) is 11.3 Å². The summed E-state index contributed by atoms with van der Waals surface area (Å²) in [5.74, 6) is 0.510. The Balaban J connectivity index is 2.71. The molecule has 1 heterocycles. The van der Waals surface area contributed by atoms with Crippen molar-refractivity contribution in [2.45, 2.75) is 33.3 Å². The first-order valence-electron chi connectivity index (χ1n) is 4.44. The fourth-order valence-electron chi connectivity index (χ4n) is 1.21. The van der Waals surface area contributed by atoms with Gasteiger partial charge < -0.3 is 5.11 Å². The minimum atomic E-state index is -0.351. The average Bonchev–Trinajstić information content (AvgIpc) is 2.31. The summed E-state index contributed by atoms with van der Waals surface area (Å²) in [6.45, 7) is 6.17. The number of aryl methyl sites for hydroxylation is 1. The first kappa shape index (κ1) is 11.0. The molecular weight excluding hydrogens is 204 g/mol. The number of hydrogen-bond acceptors (Lipinski definition) is 2. The normalized spacial score (nSPS) is 13.7. The third-order valence-electron chi connectivity index (χ3n) is 1.90. The highest BCUT2D eigenvalue weighted by molar-refractivity contribution is 7.16. The van der Waals surface area contributed by atoms with Crippen molar-refractivity contribution in [3.05, 3.63) is 20.8 Å². The highest BCUT2D eigenvalue weighted by atomic mass is 35.5. The monoisotopic (exact) mass is 218 g/mol. The molecule has 0 radical (unpaired) electrons. The van der Waals surface area contributed by atoms with E-state index in [2.05, 4.69) is 13.8 Å². The summed E-state index contributed by atoms with van der Waals surface area (Å²) in [7, 11) is 0. The molecule has 0 aliphatic carbocycles. The van der Waals surface area contributed by atoms with Crippen LogP contribution in [0.5, 0.6) is 0 Å². The van der Waals surface area contributed by atoms with Gasteiger partial charge in [-0.05, 0) is 30.9 Å². The number of aliphatic hydroxyl groups excluding tert-OH is 1. The first-order valence-corrected chi connectivity index (χ1v) is 5.64. The molecule has 74 valence electrons. The molecule has 0 aliphatic heterocycles. The zero-order valence-corrected chi connectivity index (χ0v) is 9.75. The van der Waals surface area contributed by atoms with Crippen LogP contribution < -0.4 is 0 Å². The van der Waals surface area contributed by atoms with E-state index in [1.165, 1.54) is 11.3 Å². The summed E-state index contributed by atoms with van der Waals surface area (Å²) in [5.41, 5.74) is 1.06. The largest absolute Gasteiger partial charge is 0.388 e. The van der Waals surface area contributed by atoms with Crippen LogP contribution in [0.2, 0.25) is 4.34 Å². The van der Waals surface area contributed by atoms with E-state index in [1.54, 1.807) is 0 Å². The molecule has 0 bridgehead atoms. The van der Waals surface area contributed by atoms with Crippen LogP contribution >= 0.6 is 22.9 Å². The molecule has 0 aliphatic rings. The van der Waals surface area contributed by atoms with Gasteiger partial charge in [0, 0.05) is 4.88 Å². The standard InChI is InChI=1S/C10H15ClOS/c1-6(2)4-8(12)9-5-7(3)10(11)13-9/h5-6,8,12H,4H2,1-3H3. The van der Waals surface area contributed by atoms with Gasteiger partial charge in [-0.1, -0.05) is 25.4 Å². The van der Waals surface area contributed by atoms with Crippen LogP contribution in [0.15, 0.2) is 6.07 Å². The predicted molar refractivity (Wildman–Crippen MR) is 58.5 cm³/mol. The number of hydrogen-bond donors (Lipinski definition) is 1. The van der Waals surface area contributed by atoms with Crippen LogP contribution in [-0.2, 0) is 0 Å². The molecule has 0 spiro atoms. The van der Waals surface area contributed by atoms with Crippen molar-refractivity contribution in [2.24, 2.45) is 5.92 Å². The second kappa shape index (κ2) is 4.45. The van der Waals surface area contributed by atoms with Gasteiger partial charge in [0.05, 0.1) is 10.4 Å². The number of thiophene rings is 1. The van der Waals surface area contributed by atoms with Crippen molar-refractivity contribution < 1.29 is 5.11 Å². The Morgan fingerprint density at radius 1 is 1.54 bits per heavy atom. The minimum Gasteiger partial charge on any atom is -0.388 e. The molecule has 1 nitrogen and oxygen atoms in total. The maximum Gasteiger partial charge on any atom is 0.0961 e. The van der Waals surface area contributed by atoms with Crippen LogP contribution in [0, 0.1) is 12.8 Å². The average molecular weight is 219 g/mol. The molecule has 0 aromatic carbocycles. The zero-order chi connectivity index (χ0) is 10.0. The predicted octanol–water partition coefficient (Wildman–Crippen LogP) is 3.79. The van der Waals surface area contributed by atoms with Gasteiger partial charge in [-0.25, -0.2) is 0 Å². The van der Waals surface area contributed by atoms with Gasteiger partial charge in [0.1, 0.15) is 0 Å². The molecule has 13 heavy (non-hydrogen) atoms. The Labute approximate surface area is 88.4 Å². The SMILES string of the molecule is Cc1cc(C(O)CC(C)C)sc1Cl. The number of halogens is 1. The van der Waals surface area contributed by atoms with E-state index in [9.17, 15) is 5.11 Å². The van der Waals surface area contributed by atoms with Gasteiger partial charge in [-0.2, -0.15) is 0 Å². The lowest BCUT2D eigenvalue weighted by atomic mass is 10.0. The zero-order valence-electron chi connectivity index (χ0n) is 8.17. The summed E-state index contributed by atoms with van der Waals surface area (Å²) in [5, 5.41) is 9.78. The molecule has 1 aromatic heterocycles. The lowest BCUT2D eigenvalue weighted by Gasteiger charge is -2.10. The molecule has 0 fully saturated rings. The summed E-state index contributed by atoms with van der Waals surface area (Å²) in [6, 6.07) is 1.97. The van der Waals surface area contributed by atoms with Crippen LogP contribution in [0.1, 0.15) is 36.8 Å². The Morgan fingerprint density at radius 2 is 2.15 bits per heavy atom. The van der Waals surface area contributed by atoms with Crippen molar-refractivity contribution in [1.82, 2.24) is 0 Å². The first-order chi connectivity index (χ1) is 6.00. The maximum absolute atomic E-state index is 9.78. The maximum atomic E-state index is 9.78. The Kier molecular flexibility index (Phi) is 3.77. The fourth-order valence-corrected chi connectivity index (χ4v) is 2.43. The molecule has 1 rings (SSSR count). The quantitative estimate of drug-likeness (QED) is 0.819. The highest BCUT2D eigenvalue weighted by Gasteiger charge is 2.13. The third-order valence-corrected chi connectivity index (χ3v) is 3.56. The number of rotatable bonds is 3. The van der Waals surface area contributed by atoms with Crippen molar-refractivity contribution in [2.75, 3.05) is 0 Å². The van der Waals surface area contributed by atoms with E-state index in [1.807, 2.05) is 13.0 Å². The summed E-state index contributed by atoms with van der Waals surface area (Å²) in [4.78, 5) is 0.983. The molecule has 1 unspecified atom stereocenters. The Hall–Kier alpha value is -0.0500. The van der Waals surface area contributed by atoms with Crippen molar-refractivity contribution in [3.63, 3.8) is 0 Å². The lowest BCUT2D eigenvalue weighted by Crippen LogP contribution is -1.99. The van der Waals surface area contributed by atoms with E-state index >= 15 is 0 Å². The topological polar surface area (TPSA) is 20.2 Å². The van der Waals surface area contributed by atoms with Gasteiger partial charge in [0.15, 0.2) is 0 Å². The van der Waals surface area contributed by atoms with Crippen LogP contribution in [-0.4, -0.2) is 5.11 Å². The molecular formula is C10H15ClOS. The fraction of sp³-hybridized carbons (Fsp3) is 0.600. The van der Waals surface area contributed by atoms with Crippen molar-refractivity contribution in [3.8, 4) is 0 Å². The summed E-state index contributed by atoms with van der Waals surface area (Å²) >= 11 is 7.40. The minimum absolute atomic E-state index is 0.351. The second-order valence-corrected chi connectivity index (χ2v) is 5.44. The Bertz CT molecular complexity index is 261. The molecule has 1 aromatic rings. The Morgan fingerprint density at radius 3 is 2.54 bits per heavy atom. The van der Waals surface area contributed by atoms with Crippen molar-refractivity contribution in [1.29, 1.82) is 0 Å². The smallest absolute Gasteiger partial charge is 0.0961 e.